The summed E-state index contributed by atoms with van der Waals surface area (Å²) in [4.78, 5) is 11.5. The highest BCUT2D eigenvalue weighted by molar-refractivity contribution is 14.1. The number of esters is 1. The van der Waals surface area contributed by atoms with Crippen molar-refractivity contribution < 1.29 is 14.6 Å². The van der Waals surface area contributed by atoms with E-state index in [0.29, 0.717) is 12.2 Å². The molecule has 4 heteroatoms. The molecule has 3 nitrogen and oxygen atoms in total. The van der Waals surface area contributed by atoms with Crippen molar-refractivity contribution in [3.63, 3.8) is 0 Å². The molecule has 1 aromatic carbocycles. The number of hydrogen-bond acceptors (Lipinski definition) is 3. The molecule has 0 aromatic heterocycles. The molecule has 1 rings (SSSR count). The SMILES string of the molecule is C=C(C(=O)OCCC)C(O)c1ccccc1I. The van der Waals surface area contributed by atoms with Crippen molar-refractivity contribution in [3.8, 4) is 0 Å². The van der Waals surface area contributed by atoms with Crippen molar-refractivity contribution in [2.45, 2.75) is 19.4 Å². The monoisotopic (exact) mass is 346 g/mol. The predicted octanol–water partition coefficient (Wildman–Crippen LogP) is 2.83. The summed E-state index contributed by atoms with van der Waals surface area (Å²) in [6.45, 7) is 5.85. The summed E-state index contributed by atoms with van der Waals surface area (Å²) in [5.74, 6) is -0.543. The van der Waals surface area contributed by atoms with Gasteiger partial charge in [0.05, 0.1) is 12.2 Å². The maximum atomic E-state index is 11.5. The lowest BCUT2D eigenvalue weighted by Crippen LogP contribution is -2.15. The average Bonchev–Trinajstić information content (AvgIpc) is 2.34. The summed E-state index contributed by atoms with van der Waals surface area (Å²) in [5.41, 5.74) is 0.745. The second-order valence-electron chi connectivity index (χ2n) is 3.59. The fourth-order valence-corrected chi connectivity index (χ4v) is 1.97. The number of aliphatic hydroxyl groups excluding tert-OH is 1. The Balaban J connectivity index is 2.76. The van der Waals surface area contributed by atoms with E-state index in [2.05, 4.69) is 29.2 Å². The first-order chi connectivity index (χ1) is 8.07. The molecule has 0 aliphatic rings. The molecule has 1 aromatic rings. The third-order valence-corrected chi connectivity index (χ3v) is 3.21. The van der Waals surface area contributed by atoms with E-state index in [1.807, 2.05) is 25.1 Å². The smallest absolute Gasteiger partial charge is 0.336 e. The van der Waals surface area contributed by atoms with Crippen LogP contribution in [0.1, 0.15) is 25.0 Å². The summed E-state index contributed by atoms with van der Waals surface area (Å²) >= 11 is 2.11. The van der Waals surface area contributed by atoms with Gasteiger partial charge in [0.1, 0.15) is 6.10 Å². The summed E-state index contributed by atoms with van der Waals surface area (Å²) in [6.07, 6.45) is -0.259. The van der Waals surface area contributed by atoms with Crippen LogP contribution in [-0.2, 0) is 9.53 Å². The van der Waals surface area contributed by atoms with Crippen LogP contribution < -0.4 is 0 Å². The molecule has 0 fully saturated rings. The zero-order chi connectivity index (χ0) is 12.8. The lowest BCUT2D eigenvalue weighted by Gasteiger charge is -2.14. The standard InChI is InChI=1S/C13H15IO3/c1-3-8-17-13(16)9(2)12(15)10-6-4-5-7-11(10)14/h4-7,12,15H,2-3,8H2,1H3. The van der Waals surface area contributed by atoms with E-state index in [1.165, 1.54) is 0 Å². The van der Waals surface area contributed by atoms with Crippen molar-refractivity contribution in [2.24, 2.45) is 0 Å². The molecule has 0 heterocycles. The zero-order valence-corrected chi connectivity index (χ0v) is 11.8. The maximum absolute atomic E-state index is 11.5. The van der Waals surface area contributed by atoms with E-state index in [0.717, 1.165) is 9.99 Å². The van der Waals surface area contributed by atoms with Crippen LogP contribution in [0.25, 0.3) is 0 Å². The molecule has 0 amide bonds. The number of ether oxygens (including phenoxy) is 1. The summed E-state index contributed by atoms with van der Waals surface area (Å²) in [7, 11) is 0. The van der Waals surface area contributed by atoms with Crippen LogP contribution in [0.5, 0.6) is 0 Å². The Morgan fingerprint density at radius 1 is 1.53 bits per heavy atom. The highest BCUT2D eigenvalue weighted by atomic mass is 127. The number of carbonyl (C=O) groups excluding carboxylic acids is 1. The van der Waals surface area contributed by atoms with Crippen LogP contribution >= 0.6 is 22.6 Å². The Morgan fingerprint density at radius 3 is 2.76 bits per heavy atom. The number of aliphatic hydroxyl groups is 1. The average molecular weight is 346 g/mol. The Kier molecular flexibility index (Phi) is 5.64. The van der Waals surface area contributed by atoms with Crippen LogP contribution in [0.4, 0.5) is 0 Å². The topological polar surface area (TPSA) is 46.5 Å². The minimum atomic E-state index is -1.01. The van der Waals surface area contributed by atoms with E-state index >= 15 is 0 Å². The molecule has 1 unspecified atom stereocenters. The molecule has 0 spiro atoms. The molecule has 1 N–H and O–H groups in total. The van der Waals surface area contributed by atoms with Crippen molar-refractivity contribution >= 4 is 28.6 Å². The van der Waals surface area contributed by atoms with Crippen molar-refractivity contribution in [3.05, 3.63) is 45.6 Å². The molecular weight excluding hydrogens is 331 g/mol. The van der Waals surface area contributed by atoms with Crippen molar-refractivity contribution in [2.75, 3.05) is 6.61 Å². The number of rotatable bonds is 5. The van der Waals surface area contributed by atoms with Crippen LogP contribution in [-0.4, -0.2) is 17.7 Å². The van der Waals surface area contributed by atoms with Gasteiger partial charge >= 0.3 is 5.97 Å². The van der Waals surface area contributed by atoms with Gasteiger partial charge in [-0.05, 0) is 40.6 Å². The highest BCUT2D eigenvalue weighted by Crippen LogP contribution is 2.25. The quantitative estimate of drug-likeness (QED) is 0.507. The lowest BCUT2D eigenvalue weighted by atomic mass is 10.0. The van der Waals surface area contributed by atoms with Crippen LogP contribution in [0.3, 0.4) is 0 Å². The number of hydrogen-bond donors (Lipinski definition) is 1. The van der Waals surface area contributed by atoms with Crippen molar-refractivity contribution in [1.82, 2.24) is 0 Å². The third-order valence-electron chi connectivity index (χ3n) is 2.23. The second kappa shape index (κ2) is 6.76. The van der Waals surface area contributed by atoms with Gasteiger partial charge in [-0.2, -0.15) is 0 Å². The maximum Gasteiger partial charge on any atom is 0.336 e. The molecular formula is C13H15IO3. The Bertz CT molecular complexity index is 415. The van der Waals surface area contributed by atoms with Gasteiger partial charge in [-0.15, -0.1) is 0 Å². The van der Waals surface area contributed by atoms with Crippen LogP contribution in [0.15, 0.2) is 36.4 Å². The zero-order valence-electron chi connectivity index (χ0n) is 9.65. The fraction of sp³-hybridized carbons (Fsp3) is 0.308. The van der Waals surface area contributed by atoms with Crippen molar-refractivity contribution in [1.29, 1.82) is 0 Å². The molecule has 17 heavy (non-hydrogen) atoms. The highest BCUT2D eigenvalue weighted by Gasteiger charge is 2.20. The number of benzene rings is 1. The molecule has 0 aliphatic heterocycles. The van der Waals surface area contributed by atoms with Gasteiger partial charge < -0.3 is 9.84 Å². The van der Waals surface area contributed by atoms with Gasteiger partial charge in [0, 0.05) is 3.57 Å². The summed E-state index contributed by atoms with van der Waals surface area (Å²) < 4.78 is 5.83. The van der Waals surface area contributed by atoms with Gasteiger partial charge in [0.2, 0.25) is 0 Å². The van der Waals surface area contributed by atoms with Gasteiger partial charge in [0.25, 0.3) is 0 Å². The molecule has 0 saturated carbocycles. The first kappa shape index (κ1) is 14.2. The Morgan fingerprint density at radius 2 is 2.18 bits per heavy atom. The van der Waals surface area contributed by atoms with Gasteiger partial charge in [0.15, 0.2) is 0 Å². The van der Waals surface area contributed by atoms with E-state index in [-0.39, 0.29) is 5.57 Å². The largest absolute Gasteiger partial charge is 0.462 e. The summed E-state index contributed by atoms with van der Waals surface area (Å²) in [6, 6.07) is 7.32. The van der Waals surface area contributed by atoms with Crippen LogP contribution in [0.2, 0.25) is 0 Å². The van der Waals surface area contributed by atoms with E-state index in [4.69, 9.17) is 4.74 Å². The summed E-state index contributed by atoms with van der Waals surface area (Å²) in [5, 5.41) is 10.0. The van der Waals surface area contributed by atoms with E-state index in [1.54, 1.807) is 6.07 Å². The minimum Gasteiger partial charge on any atom is -0.462 e. The lowest BCUT2D eigenvalue weighted by molar-refractivity contribution is -0.140. The first-order valence-corrected chi connectivity index (χ1v) is 6.44. The molecule has 1 atom stereocenters. The number of halogens is 1. The third kappa shape index (κ3) is 3.81. The Hall–Kier alpha value is -0.880. The van der Waals surface area contributed by atoms with Gasteiger partial charge in [-0.1, -0.05) is 31.7 Å². The van der Waals surface area contributed by atoms with E-state index in [9.17, 15) is 9.90 Å². The number of carbonyl (C=O) groups is 1. The predicted molar refractivity (Wildman–Crippen MR) is 74.5 cm³/mol. The van der Waals surface area contributed by atoms with Gasteiger partial charge in [-0.25, -0.2) is 4.79 Å². The van der Waals surface area contributed by atoms with Crippen LogP contribution in [0, 0.1) is 3.57 Å². The van der Waals surface area contributed by atoms with Gasteiger partial charge in [-0.3, -0.25) is 0 Å². The normalized spacial score (nSPS) is 11.9. The fourth-order valence-electron chi connectivity index (χ4n) is 1.28. The molecule has 0 radical (unpaired) electrons. The molecule has 0 bridgehead atoms. The van der Waals surface area contributed by atoms with E-state index < -0.39 is 12.1 Å². The minimum absolute atomic E-state index is 0.0718. The molecule has 0 aliphatic carbocycles. The molecule has 92 valence electrons. The Labute approximate surface area is 115 Å². The second-order valence-corrected chi connectivity index (χ2v) is 4.75. The first-order valence-electron chi connectivity index (χ1n) is 5.36. The molecule has 0 saturated heterocycles.